The Labute approximate surface area is 118 Å². The summed E-state index contributed by atoms with van der Waals surface area (Å²) < 4.78 is 0. The summed E-state index contributed by atoms with van der Waals surface area (Å²) in [5.74, 6) is 0.136. The first-order chi connectivity index (χ1) is 8.43. The average molecular weight is 319 g/mol. The molecule has 0 aromatic rings. The van der Waals surface area contributed by atoms with Crippen LogP contribution in [0, 0.1) is 5.92 Å². The first-order valence-corrected chi connectivity index (χ1v) is 7.58. The maximum Gasteiger partial charge on any atom is 0.244 e. The van der Waals surface area contributed by atoms with Gasteiger partial charge in [0.2, 0.25) is 11.8 Å². The molecule has 1 aliphatic rings. The third-order valence-electron chi connectivity index (χ3n) is 3.23. The van der Waals surface area contributed by atoms with Gasteiger partial charge in [0.05, 0.1) is 4.83 Å². The number of hydrogen-bond acceptors (Lipinski definition) is 2. The maximum atomic E-state index is 12.1. The molecule has 0 aromatic heterocycles. The number of piperidine rings is 1. The van der Waals surface area contributed by atoms with E-state index in [0.717, 1.165) is 25.9 Å². The fraction of sp³-hybridized carbons (Fsp3) is 0.846. The van der Waals surface area contributed by atoms with E-state index in [1.807, 2.05) is 18.7 Å². The summed E-state index contributed by atoms with van der Waals surface area (Å²) in [7, 11) is 0. The lowest BCUT2D eigenvalue weighted by molar-refractivity contribution is -0.136. The van der Waals surface area contributed by atoms with Crippen LogP contribution in [-0.2, 0) is 9.59 Å². The van der Waals surface area contributed by atoms with Crippen molar-refractivity contribution in [2.24, 2.45) is 5.92 Å². The van der Waals surface area contributed by atoms with E-state index in [4.69, 9.17) is 0 Å². The minimum atomic E-state index is -0.436. The molecule has 2 unspecified atom stereocenters. The highest BCUT2D eigenvalue weighted by molar-refractivity contribution is 9.10. The average Bonchev–Trinajstić information content (AvgIpc) is 2.37. The zero-order valence-corrected chi connectivity index (χ0v) is 13.0. The Balaban J connectivity index is 2.46. The first kappa shape index (κ1) is 15.5. The number of halogens is 1. The van der Waals surface area contributed by atoms with Crippen molar-refractivity contribution in [1.29, 1.82) is 0 Å². The Morgan fingerprint density at radius 3 is 2.17 bits per heavy atom. The van der Waals surface area contributed by atoms with Crippen LogP contribution < -0.4 is 5.32 Å². The molecule has 0 bridgehead atoms. The Morgan fingerprint density at radius 1 is 1.11 bits per heavy atom. The second-order valence-corrected chi connectivity index (χ2v) is 6.25. The summed E-state index contributed by atoms with van der Waals surface area (Å²) in [4.78, 5) is 25.6. The lowest BCUT2D eigenvalue weighted by Gasteiger charge is -2.29. The van der Waals surface area contributed by atoms with Crippen LogP contribution in [0.5, 0.6) is 0 Å². The second-order valence-electron chi connectivity index (χ2n) is 5.26. The molecule has 1 fully saturated rings. The van der Waals surface area contributed by atoms with E-state index in [0.29, 0.717) is 0 Å². The van der Waals surface area contributed by atoms with Crippen LogP contribution in [0.4, 0.5) is 0 Å². The van der Waals surface area contributed by atoms with Gasteiger partial charge in [-0.2, -0.15) is 0 Å². The number of carbonyl (C=O) groups excluding carboxylic acids is 2. The van der Waals surface area contributed by atoms with Crippen molar-refractivity contribution in [2.45, 2.75) is 50.9 Å². The van der Waals surface area contributed by atoms with Crippen LogP contribution in [-0.4, -0.2) is 40.7 Å². The fourth-order valence-electron chi connectivity index (χ4n) is 2.05. The van der Waals surface area contributed by atoms with Crippen molar-refractivity contribution in [1.82, 2.24) is 10.2 Å². The quantitative estimate of drug-likeness (QED) is 0.805. The first-order valence-electron chi connectivity index (χ1n) is 6.66. The van der Waals surface area contributed by atoms with Crippen LogP contribution in [0.3, 0.4) is 0 Å². The summed E-state index contributed by atoms with van der Waals surface area (Å²) >= 11 is 3.34. The molecule has 104 valence electrons. The molecule has 1 N–H and O–H groups in total. The van der Waals surface area contributed by atoms with Gasteiger partial charge >= 0.3 is 0 Å². The van der Waals surface area contributed by atoms with Gasteiger partial charge in [-0.15, -0.1) is 0 Å². The van der Waals surface area contributed by atoms with Crippen LogP contribution >= 0.6 is 15.9 Å². The summed E-state index contributed by atoms with van der Waals surface area (Å²) in [6.45, 7) is 7.34. The summed E-state index contributed by atoms with van der Waals surface area (Å²) in [6, 6.07) is -0.436. The molecule has 2 amide bonds. The molecule has 1 aliphatic heterocycles. The number of hydrogen-bond donors (Lipinski definition) is 1. The lowest BCUT2D eigenvalue weighted by atomic mass is 10.1. The zero-order valence-electron chi connectivity index (χ0n) is 11.4. The molecule has 1 rings (SSSR count). The van der Waals surface area contributed by atoms with Crippen molar-refractivity contribution in [3.63, 3.8) is 0 Å². The molecule has 0 spiro atoms. The number of rotatable bonds is 4. The highest BCUT2D eigenvalue weighted by Crippen LogP contribution is 2.13. The standard InChI is InChI=1S/C13H23BrN2O2/c1-9(2)11(14)12(17)15-10(3)13(18)16-7-5-4-6-8-16/h9-11H,4-8H2,1-3H3,(H,15,17). The molecular formula is C13H23BrN2O2. The molecule has 0 saturated carbocycles. The van der Waals surface area contributed by atoms with Crippen molar-refractivity contribution in [3.05, 3.63) is 0 Å². The van der Waals surface area contributed by atoms with Gasteiger partial charge in [0, 0.05) is 13.1 Å². The van der Waals surface area contributed by atoms with Gasteiger partial charge in [-0.3, -0.25) is 9.59 Å². The number of amides is 2. The third-order valence-corrected chi connectivity index (χ3v) is 4.71. The predicted octanol–water partition coefficient (Wildman–Crippen LogP) is 1.92. The van der Waals surface area contributed by atoms with Crippen molar-refractivity contribution < 1.29 is 9.59 Å². The second kappa shape index (κ2) is 7.12. The lowest BCUT2D eigenvalue weighted by Crippen LogP contribution is -2.50. The molecule has 1 saturated heterocycles. The van der Waals surface area contributed by atoms with Crippen molar-refractivity contribution in [3.8, 4) is 0 Å². The zero-order chi connectivity index (χ0) is 13.7. The van der Waals surface area contributed by atoms with Crippen LogP contribution in [0.15, 0.2) is 0 Å². The van der Waals surface area contributed by atoms with E-state index >= 15 is 0 Å². The summed E-state index contributed by atoms with van der Waals surface area (Å²) in [6.07, 6.45) is 3.33. The van der Waals surface area contributed by atoms with E-state index in [1.54, 1.807) is 6.92 Å². The molecule has 0 aromatic carbocycles. The highest BCUT2D eigenvalue weighted by Gasteiger charge is 2.26. The van der Waals surface area contributed by atoms with Gasteiger partial charge in [0.25, 0.3) is 0 Å². The Kier molecular flexibility index (Phi) is 6.12. The van der Waals surface area contributed by atoms with Crippen LogP contribution in [0.2, 0.25) is 0 Å². The van der Waals surface area contributed by atoms with Crippen molar-refractivity contribution in [2.75, 3.05) is 13.1 Å². The SMILES string of the molecule is CC(NC(=O)C(Br)C(C)C)C(=O)N1CCCCC1. The molecule has 5 heteroatoms. The normalized spacial score (nSPS) is 19.5. The number of likely N-dealkylation sites (tertiary alicyclic amines) is 1. The number of alkyl halides is 1. The van der Waals surface area contributed by atoms with Crippen LogP contribution in [0.25, 0.3) is 0 Å². The van der Waals surface area contributed by atoms with Gasteiger partial charge in [-0.05, 0) is 32.1 Å². The third kappa shape index (κ3) is 4.26. The monoisotopic (exact) mass is 318 g/mol. The van der Waals surface area contributed by atoms with E-state index in [1.165, 1.54) is 6.42 Å². The smallest absolute Gasteiger partial charge is 0.244 e. The molecule has 2 atom stereocenters. The van der Waals surface area contributed by atoms with Gasteiger partial charge in [-0.25, -0.2) is 0 Å². The van der Waals surface area contributed by atoms with E-state index in [9.17, 15) is 9.59 Å². The molecule has 4 nitrogen and oxygen atoms in total. The number of nitrogens with zero attached hydrogens (tertiary/aromatic N) is 1. The minimum absolute atomic E-state index is 0.0338. The number of carbonyl (C=O) groups is 2. The van der Waals surface area contributed by atoms with Gasteiger partial charge < -0.3 is 10.2 Å². The topological polar surface area (TPSA) is 49.4 Å². The van der Waals surface area contributed by atoms with E-state index in [-0.39, 0.29) is 22.6 Å². The predicted molar refractivity (Wildman–Crippen MR) is 75.6 cm³/mol. The summed E-state index contributed by atoms with van der Waals surface area (Å²) in [5, 5.41) is 2.78. The Bertz CT molecular complexity index is 301. The van der Waals surface area contributed by atoms with Crippen LogP contribution in [0.1, 0.15) is 40.0 Å². The van der Waals surface area contributed by atoms with E-state index in [2.05, 4.69) is 21.2 Å². The highest BCUT2D eigenvalue weighted by atomic mass is 79.9. The van der Waals surface area contributed by atoms with Crippen molar-refractivity contribution >= 4 is 27.7 Å². The Hall–Kier alpha value is -0.580. The minimum Gasteiger partial charge on any atom is -0.344 e. The van der Waals surface area contributed by atoms with E-state index < -0.39 is 6.04 Å². The number of nitrogens with one attached hydrogen (secondary N) is 1. The largest absolute Gasteiger partial charge is 0.344 e. The molecule has 1 heterocycles. The fourth-order valence-corrected chi connectivity index (χ4v) is 2.18. The van der Waals surface area contributed by atoms with Gasteiger partial charge in [0.1, 0.15) is 6.04 Å². The summed E-state index contributed by atoms with van der Waals surface area (Å²) in [5.41, 5.74) is 0. The maximum absolute atomic E-state index is 12.1. The Morgan fingerprint density at radius 2 is 1.67 bits per heavy atom. The molecule has 0 aliphatic carbocycles. The van der Waals surface area contributed by atoms with Gasteiger partial charge in [0.15, 0.2) is 0 Å². The molecule has 18 heavy (non-hydrogen) atoms. The molecule has 0 radical (unpaired) electrons. The van der Waals surface area contributed by atoms with Gasteiger partial charge in [-0.1, -0.05) is 29.8 Å². The molecular weight excluding hydrogens is 296 g/mol.